The van der Waals surface area contributed by atoms with Crippen LogP contribution in [-0.2, 0) is 0 Å². The van der Waals surface area contributed by atoms with Gasteiger partial charge in [-0.15, -0.1) is 0 Å². The molecule has 0 radical (unpaired) electrons. The average molecular weight is 235 g/mol. The van der Waals surface area contributed by atoms with E-state index in [0.717, 1.165) is 37.1 Å². The third kappa shape index (κ3) is 4.10. The van der Waals surface area contributed by atoms with Crippen molar-refractivity contribution in [1.29, 1.82) is 0 Å². The Labute approximate surface area is 103 Å². The number of nitrogens with one attached hydrogen (secondary N) is 1. The molecule has 0 unspecified atom stereocenters. The lowest BCUT2D eigenvalue weighted by molar-refractivity contribution is 0.0953. The highest BCUT2D eigenvalue weighted by Gasteiger charge is 2.06. The number of unbranched alkanes of at least 4 members (excludes halogenated alkanes) is 2. The van der Waals surface area contributed by atoms with E-state index < -0.39 is 0 Å². The lowest BCUT2D eigenvalue weighted by Gasteiger charge is -2.08. The number of hydrogen-bond donors (Lipinski definition) is 1. The molecule has 0 atom stereocenters. The second-order valence-corrected chi connectivity index (χ2v) is 4.15. The number of benzene rings is 1. The number of hydrogen-bond acceptors (Lipinski definition) is 2. The highest BCUT2D eigenvalue weighted by Crippen LogP contribution is 2.18. The van der Waals surface area contributed by atoms with Gasteiger partial charge in [-0.1, -0.05) is 19.8 Å². The van der Waals surface area contributed by atoms with Gasteiger partial charge in [0.15, 0.2) is 0 Å². The molecule has 17 heavy (non-hydrogen) atoms. The number of carbonyl (C=O) groups excluding carboxylic acids is 1. The number of carbonyl (C=O) groups is 1. The predicted octanol–water partition coefficient (Wildman–Crippen LogP) is 2.92. The normalized spacial score (nSPS) is 10.1. The van der Waals surface area contributed by atoms with Crippen LogP contribution in [0.3, 0.4) is 0 Å². The summed E-state index contributed by atoms with van der Waals surface area (Å²) in [6, 6.07) is 5.48. The molecular weight excluding hydrogens is 214 g/mol. The zero-order valence-corrected chi connectivity index (χ0v) is 10.9. The zero-order valence-electron chi connectivity index (χ0n) is 10.9. The van der Waals surface area contributed by atoms with Gasteiger partial charge in [0.2, 0.25) is 0 Å². The lowest BCUT2D eigenvalue weighted by atomic mass is 10.1. The molecule has 0 aliphatic rings. The topological polar surface area (TPSA) is 38.3 Å². The Kier molecular flexibility index (Phi) is 5.53. The van der Waals surface area contributed by atoms with Crippen molar-refractivity contribution in [2.45, 2.75) is 33.1 Å². The van der Waals surface area contributed by atoms with E-state index in [2.05, 4.69) is 12.2 Å². The third-order valence-electron chi connectivity index (χ3n) is 2.72. The smallest absolute Gasteiger partial charge is 0.251 e. The fourth-order valence-electron chi connectivity index (χ4n) is 1.70. The molecule has 0 spiro atoms. The van der Waals surface area contributed by atoms with Gasteiger partial charge in [0.25, 0.3) is 5.91 Å². The minimum absolute atomic E-state index is 0.00754. The number of ether oxygens (including phenoxy) is 1. The van der Waals surface area contributed by atoms with Crippen molar-refractivity contribution >= 4 is 5.91 Å². The fourth-order valence-corrected chi connectivity index (χ4v) is 1.70. The molecule has 0 bridgehead atoms. The predicted molar refractivity (Wildman–Crippen MR) is 69.6 cm³/mol. The van der Waals surface area contributed by atoms with Crippen LogP contribution >= 0.6 is 0 Å². The van der Waals surface area contributed by atoms with Crippen LogP contribution in [0, 0.1) is 6.92 Å². The van der Waals surface area contributed by atoms with Gasteiger partial charge in [-0.05, 0) is 37.1 Å². The summed E-state index contributed by atoms with van der Waals surface area (Å²) in [7, 11) is 1.63. The minimum atomic E-state index is -0.00754. The Hall–Kier alpha value is -1.51. The summed E-state index contributed by atoms with van der Waals surface area (Å²) >= 11 is 0. The Morgan fingerprint density at radius 3 is 2.71 bits per heavy atom. The first-order valence-corrected chi connectivity index (χ1v) is 6.12. The summed E-state index contributed by atoms with van der Waals surface area (Å²) in [4.78, 5) is 11.8. The van der Waals surface area contributed by atoms with Crippen molar-refractivity contribution in [1.82, 2.24) is 5.32 Å². The molecule has 1 rings (SSSR count). The molecule has 1 N–H and O–H groups in total. The Morgan fingerprint density at radius 2 is 2.12 bits per heavy atom. The van der Waals surface area contributed by atoms with Gasteiger partial charge < -0.3 is 10.1 Å². The van der Waals surface area contributed by atoms with Crippen LogP contribution in [0.4, 0.5) is 0 Å². The molecule has 1 aromatic carbocycles. The van der Waals surface area contributed by atoms with Crippen LogP contribution in [-0.4, -0.2) is 19.6 Å². The monoisotopic (exact) mass is 235 g/mol. The van der Waals surface area contributed by atoms with Gasteiger partial charge in [0.05, 0.1) is 7.11 Å². The average Bonchev–Trinajstić information content (AvgIpc) is 2.34. The van der Waals surface area contributed by atoms with Crippen LogP contribution < -0.4 is 10.1 Å². The van der Waals surface area contributed by atoms with Gasteiger partial charge >= 0.3 is 0 Å². The van der Waals surface area contributed by atoms with Crippen molar-refractivity contribution in [3.63, 3.8) is 0 Å². The molecule has 3 nitrogen and oxygen atoms in total. The maximum Gasteiger partial charge on any atom is 0.251 e. The highest BCUT2D eigenvalue weighted by molar-refractivity contribution is 5.94. The van der Waals surface area contributed by atoms with E-state index in [1.54, 1.807) is 13.2 Å². The molecular formula is C14H21NO2. The fraction of sp³-hybridized carbons (Fsp3) is 0.500. The second-order valence-electron chi connectivity index (χ2n) is 4.15. The van der Waals surface area contributed by atoms with Crippen molar-refractivity contribution in [3.8, 4) is 5.75 Å². The molecule has 1 aromatic rings. The quantitative estimate of drug-likeness (QED) is 0.770. The largest absolute Gasteiger partial charge is 0.496 e. The third-order valence-corrected chi connectivity index (χ3v) is 2.72. The molecule has 0 saturated heterocycles. The van der Waals surface area contributed by atoms with E-state index in [4.69, 9.17) is 4.74 Å². The number of amides is 1. The summed E-state index contributed by atoms with van der Waals surface area (Å²) < 4.78 is 5.16. The van der Waals surface area contributed by atoms with Crippen molar-refractivity contribution in [2.24, 2.45) is 0 Å². The van der Waals surface area contributed by atoms with E-state index in [0.29, 0.717) is 5.56 Å². The standard InChI is InChI=1S/C14H21NO2/c1-4-5-6-9-15-14(16)12-7-8-13(17-3)11(2)10-12/h7-8,10H,4-6,9H2,1-3H3,(H,15,16). The molecule has 3 heteroatoms. The number of methoxy groups -OCH3 is 1. The first-order chi connectivity index (χ1) is 8.19. The minimum Gasteiger partial charge on any atom is -0.496 e. The van der Waals surface area contributed by atoms with E-state index in [-0.39, 0.29) is 5.91 Å². The summed E-state index contributed by atoms with van der Waals surface area (Å²) in [6.07, 6.45) is 3.36. The molecule has 0 saturated carbocycles. The van der Waals surface area contributed by atoms with E-state index in [1.165, 1.54) is 0 Å². The van der Waals surface area contributed by atoms with Gasteiger partial charge in [-0.2, -0.15) is 0 Å². The molecule has 1 amide bonds. The van der Waals surface area contributed by atoms with Crippen LogP contribution in [0.1, 0.15) is 42.1 Å². The van der Waals surface area contributed by atoms with Crippen molar-refractivity contribution in [2.75, 3.05) is 13.7 Å². The number of rotatable bonds is 6. The van der Waals surface area contributed by atoms with Crippen LogP contribution in [0.5, 0.6) is 5.75 Å². The van der Waals surface area contributed by atoms with Gasteiger partial charge in [-0.25, -0.2) is 0 Å². The molecule has 0 fully saturated rings. The molecule has 0 aromatic heterocycles. The summed E-state index contributed by atoms with van der Waals surface area (Å²) in [6.45, 7) is 4.83. The molecule has 0 aliphatic heterocycles. The van der Waals surface area contributed by atoms with Gasteiger partial charge in [0.1, 0.15) is 5.75 Å². The zero-order chi connectivity index (χ0) is 12.7. The van der Waals surface area contributed by atoms with E-state index >= 15 is 0 Å². The summed E-state index contributed by atoms with van der Waals surface area (Å²) in [5, 5.41) is 2.92. The first kappa shape index (κ1) is 13.6. The van der Waals surface area contributed by atoms with Crippen LogP contribution in [0.15, 0.2) is 18.2 Å². The molecule has 94 valence electrons. The van der Waals surface area contributed by atoms with E-state index in [9.17, 15) is 4.79 Å². The summed E-state index contributed by atoms with van der Waals surface area (Å²) in [5.41, 5.74) is 1.67. The van der Waals surface area contributed by atoms with Gasteiger partial charge in [-0.3, -0.25) is 4.79 Å². The Bertz CT molecular complexity index is 374. The maximum absolute atomic E-state index is 11.8. The second kappa shape index (κ2) is 6.94. The van der Waals surface area contributed by atoms with Gasteiger partial charge in [0, 0.05) is 12.1 Å². The van der Waals surface area contributed by atoms with Crippen molar-refractivity contribution < 1.29 is 9.53 Å². The SMILES string of the molecule is CCCCCNC(=O)c1ccc(OC)c(C)c1. The Morgan fingerprint density at radius 1 is 1.35 bits per heavy atom. The Balaban J connectivity index is 2.54. The van der Waals surface area contributed by atoms with E-state index in [1.807, 2.05) is 19.1 Å². The number of aryl methyl sites for hydroxylation is 1. The van der Waals surface area contributed by atoms with Crippen LogP contribution in [0.25, 0.3) is 0 Å². The summed E-state index contributed by atoms with van der Waals surface area (Å²) in [5.74, 6) is 0.805. The molecule has 0 heterocycles. The molecule has 0 aliphatic carbocycles. The van der Waals surface area contributed by atoms with Crippen LogP contribution in [0.2, 0.25) is 0 Å². The first-order valence-electron chi connectivity index (χ1n) is 6.12. The maximum atomic E-state index is 11.8. The highest BCUT2D eigenvalue weighted by atomic mass is 16.5. The lowest BCUT2D eigenvalue weighted by Crippen LogP contribution is -2.24. The van der Waals surface area contributed by atoms with Crippen molar-refractivity contribution in [3.05, 3.63) is 29.3 Å².